The SMILES string of the molecule is CCC(Br)(CC)C(=O)NC(N)=O.c1ccnnc1. The summed E-state index contributed by atoms with van der Waals surface area (Å²) in [7, 11) is 0. The van der Waals surface area contributed by atoms with Crippen molar-refractivity contribution < 1.29 is 9.59 Å². The number of aromatic nitrogens is 2. The van der Waals surface area contributed by atoms with E-state index in [9.17, 15) is 9.59 Å². The van der Waals surface area contributed by atoms with Gasteiger partial charge >= 0.3 is 6.03 Å². The summed E-state index contributed by atoms with van der Waals surface area (Å²) in [5.41, 5.74) is 4.81. The fourth-order valence-electron chi connectivity index (χ4n) is 1.05. The summed E-state index contributed by atoms with van der Waals surface area (Å²) in [5.74, 6) is -0.375. The van der Waals surface area contributed by atoms with Crippen molar-refractivity contribution in [2.45, 2.75) is 31.0 Å². The molecule has 0 aliphatic carbocycles. The highest BCUT2D eigenvalue weighted by Crippen LogP contribution is 2.26. The number of alkyl halides is 1. The van der Waals surface area contributed by atoms with Crippen LogP contribution < -0.4 is 11.1 Å². The Kier molecular flexibility index (Phi) is 7.86. The molecule has 0 spiro atoms. The average molecular weight is 317 g/mol. The van der Waals surface area contributed by atoms with Gasteiger partial charge in [0.25, 0.3) is 0 Å². The van der Waals surface area contributed by atoms with Crippen LogP contribution in [0.25, 0.3) is 0 Å². The molecule has 0 atom stereocenters. The lowest BCUT2D eigenvalue weighted by Gasteiger charge is -2.21. The average Bonchev–Trinajstić information content (AvgIpc) is 2.39. The van der Waals surface area contributed by atoms with Crippen molar-refractivity contribution in [1.29, 1.82) is 0 Å². The topological polar surface area (TPSA) is 98.0 Å². The van der Waals surface area contributed by atoms with E-state index in [4.69, 9.17) is 5.73 Å². The lowest BCUT2D eigenvalue weighted by Crippen LogP contribution is -2.46. The molecule has 0 aliphatic heterocycles. The predicted molar refractivity (Wildman–Crippen MR) is 72.0 cm³/mol. The summed E-state index contributed by atoms with van der Waals surface area (Å²) < 4.78 is -0.665. The lowest BCUT2D eigenvalue weighted by molar-refractivity contribution is -0.122. The number of rotatable bonds is 3. The molecular formula is C11H17BrN4O2. The van der Waals surface area contributed by atoms with E-state index < -0.39 is 10.4 Å². The minimum atomic E-state index is -0.814. The van der Waals surface area contributed by atoms with E-state index in [0.29, 0.717) is 12.8 Å². The van der Waals surface area contributed by atoms with Crippen LogP contribution in [-0.2, 0) is 4.79 Å². The van der Waals surface area contributed by atoms with Crippen LogP contribution in [0.1, 0.15) is 26.7 Å². The number of carbonyl (C=O) groups excluding carboxylic acids is 2. The Morgan fingerprint density at radius 1 is 1.22 bits per heavy atom. The summed E-state index contributed by atoms with van der Waals surface area (Å²) in [6, 6.07) is 2.84. The molecule has 6 nitrogen and oxygen atoms in total. The number of hydrogen-bond acceptors (Lipinski definition) is 4. The number of primary amides is 1. The zero-order valence-corrected chi connectivity index (χ0v) is 12.0. The van der Waals surface area contributed by atoms with Crippen LogP contribution in [0.3, 0.4) is 0 Å². The first-order valence-electron chi connectivity index (χ1n) is 5.47. The van der Waals surface area contributed by atoms with Gasteiger partial charge in [0.1, 0.15) is 4.32 Å². The smallest absolute Gasteiger partial charge is 0.318 e. The number of imide groups is 1. The molecule has 1 rings (SSSR count). The normalized spacial score (nSPS) is 9.94. The van der Waals surface area contributed by atoms with E-state index >= 15 is 0 Å². The second-order valence-corrected chi connectivity index (χ2v) is 4.92. The van der Waals surface area contributed by atoms with Crippen LogP contribution in [0.4, 0.5) is 4.79 Å². The molecule has 3 N–H and O–H groups in total. The van der Waals surface area contributed by atoms with E-state index in [-0.39, 0.29) is 5.91 Å². The Hall–Kier alpha value is -1.50. The van der Waals surface area contributed by atoms with Crippen LogP contribution in [0.2, 0.25) is 0 Å². The number of nitrogens with two attached hydrogens (primary N) is 1. The predicted octanol–water partition coefficient (Wildman–Crippen LogP) is 1.61. The van der Waals surface area contributed by atoms with E-state index in [1.54, 1.807) is 12.4 Å². The first-order chi connectivity index (χ1) is 8.46. The molecule has 0 bridgehead atoms. The lowest BCUT2D eigenvalue weighted by atomic mass is 10.0. The molecule has 1 aromatic rings. The van der Waals surface area contributed by atoms with Gasteiger partial charge in [-0.2, -0.15) is 10.2 Å². The molecule has 1 aromatic heterocycles. The van der Waals surface area contributed by atoms with Crippen molar-refractivity contribution in [3.8, 4) is 0 Å². The van der Waals surface area contributed by atoms with Gasteiger partial charge in [-0.1, -0.05) is 29.8 Å². The summed E-state index contributed by atoms with van der Waals surface area (Å²) in [6.45, 7) is 3.72. The minimum absolute atomic E-state index is 0.375. The van der Waals surface area contributed by atoms with Crippen molar-refractivity contribution in [1.82, 2.24) is 15.5 Å². The number of carbonyl (C=O) groups is 2. The molecule has 7 heteroatoms. The Bertz CT molecular complexity index is 342. The van der Waals surface area contributed by atoms with Gasteiger partial charge in [0.2, 0.25) is 5.91 Å². The molecular weight excluding hydrogens is 300 g/mol. The van der Waals surface area contributed by atoms with Gasteiger partial charge in [-0.25, -0.2) is 4.79 Å². The Morgan fingerprint density at radius 3 is 1.89 bits per heavy atom. The summed E-state index contributed by atoms with van der Waals surface area (Å²) in [4.78, 5) is 21.6. The Morgan fingerprint density at radius 2 is 1.67 bits per heavy atom. The molecule has 0 aromatic carbocycles. The maximum absolute atomic E-state index is 11.3. The maximum Gasteiger partial charge on any atom is 0.318 e. The first kappa shape index (κ1) is 16.5. The van der Waals surface area contributed by atoms with Crippen molar-refractivity contribution in [2.24, 2.45) is 5.73 Å². The third kappa shape index (κ3) is 6.29. The quantitative estimate of drug-likeness (QED) is 0.828. The highest BCUT2D eigenvalue weighted by atomic mass is 79.9. The monoisotopic (exact) mass is 316 g/mol. The van der Waals surface area contributed by atoms with E-state index in [1.807, 2.05) is 31.3 Å². The Labute approximate surface area is 114 Å². The fraction of sp³-hybridized carbons (Fsp3) is 0.455. The zero-order chi connectivity index (χ0) is 14.0. The standard InChI is InChI=1S/C7H13BrN2O2.C4H4N2/c1-3-7(8,4-2)5(11)10-6(9)12;1-2-4-6-5-3-1/h3-4H2,1-2H3,(H3,9,10,11,12);1-4H. The van der Waals surface area contributed by atoms with Crippen molar-refractivity contribution in [2.75, 3.05) is 0 Å². The molecule has 1 heterocycles. The number of nitrogens with zero attached hydrogens (tertiary/aromatic N) is 2. The fourth-order valence-corrected chi connectivity index (χ4v) is 1.15. The van der Waals surface area contributed by atoms with Gasteiger partial charge in [-0.15, -0.1) is 0 Å². The molecule has 100 valence electrons. The first-order valence-corrected chi connectivity index (χ1v) is 6.27. The molecule has 3 amide bonds. The van der Waals surface area contributed by atoms with E-state index in [0.717, 1.165) is 0 Å². The van der Waals surface area contributed by atoms with Crippen LogP contribution in [0.5, 0.6) is 0 Å². The highest BCUT2D eigenvalue weighted by molar-refractivity contribution is 9.10. The largest absolute Gasteiger partial charge is 0.351 e. The molecule has 0 radical (unpaired) electrons. The number of amides is 3. The summed E-state index contributed by atoms with van der Waals surface area (Å²) in [6.07, 6.45) is 4.51. The van der Waals surface area contributed by atoms with Crippen LogP contribution in [0.15, 0.2) is 24.5 Å². The van der Waals surface area contributed by atoms with Gasteiger partial charge in [-0.05, 0) is 25.0 Å². The van der Waals surface area contributed by atoms with Crippen LogP contribution in [0, 0.1) is 0 Å². The van der Waals surface area contributed by atoms with Gasteiger partial charge < -0.3 is 5.73 Å². The van der Waals surface area contributed by atoms with Crippen molar-refractivity contribution in [3.63, 3.8) is 0 Å². The molecule has 0 fully saturated rings. The molecule has 18 heavy (non-hydrogen) atoms. The molecule has 0 unspecified atom stereocenters. The minimum Gasteiger partial charge on any atom is -0.351 e. The zero-order valence-electron chi connectivity index (χ0n) is 10.4. The molecule has 0 saturated carbocycles. The van der Waals surface area contributed by atoms with Gasteiger partial charge in [-0.3, -0.25) is 10.1 Å². The number of hydrogen-bond donors (Lipinski definition) is 2. The Balaban J connectivity index is 0.000000397. The third-order valence-electron chi connectivity index (χ3n) is 2.25. The highest BCUT2D eigenvalue weighted by Gasteiger charge is 2.32. The maximum atomic E-state index is 11.3. The molecule has 0 saturated heterocycles. The summed E-state index contributed by atoms with van der Waals surface area (Å²) >= 11 is 3.26. The second kappa shape index (κ2) is 8.57. The number of nitrogens with one attached hydrogen (secondary N) is 1. The summed E-state index contributed by atoms with van der Waals surface area (Å²) in [5, 5.41) is 9.11. The second-order valence-electron chi connectivity index (χ2n) is 3.40. The number of halogens is 1. The third-order valence-corrected chi connectivity index (χ3v) is 3.73. The van der Waals surface area contributed by atoms with Crippen LogP contribution in [-0.4, -0.2) is 26.5 Å². The van der Waals surface area contributed by atoms with Gasteiger partial charge in [0.15, 0.2) is 0 Å². The molecule has 0 aliphatic rings. The van der Waals surface area contributed by atoms with E-state index in [1.165, 1.54) is 0 Å². The van der Waals surface area contributed by atoms with Crippen LogP contribution >= 0.6 is 15.9 Å². The van der Waals surface area contributed by atoms with E-state index in [2.05, 4.69) is 26.1 Å². The van der Waals surface area contributed by atoms with Crippen molar-refractivity contribution >= 4 is 27.9 Å². The van der Waals surface area contributed by atoms with Gasteiger partial charge in [0.05, 0.1) is 0 Å². The van der Waals surface area contributed by atoms with Gasteiger partial charge in [0, 0.05) is 12.4 Å². The van der Waals surface area contributed by atoms with Crippen molar-refractivity contribution in [3.05, 3.63) is 24.5 Å². The number of urea groups is 1.